The Bertz CT molecular complexity index is 293. The molecular weight excluding hydrogens is 226 g/mol. The Morgan fingerprint density at radius 1 is 1.22 bits per heavy atom. The molecule has 0 radical (unpaired) electrons. The van der Waals surface area contributed by atoms with Crippen LogP contribution < -0.4 is 5.32 Å². The van der Waals surface area contributed by atoms with Crippen molar-refractivity contribution in [1.82, 2.24) is 15.1 Å². The predicted octanol–water partition coefficient (Wildman–Crippen LogP) is 0.683. The van der Waals surface area contributed by atoms with E-state index in [4.69, 9.17) is 0 Å². The van der Waals surface area contributed by atoms with Gasteiger partial charge in [0, 0.05) is 25.7 Å². The molecule has 1 unspecified atom stereocenters. The molecule has 2 heterocycles. The molecule has 4 heteroatoms. The topological polar surface area (TPSA) is 35.6 Å². The lowest BCUT2D eigenvalue weighted by Crippen LogP contribution is -2.49. The lowest BCUT2D eigenvalue weighted by atomic mass is 9.99. The van der Waals surface area contributed by atoms with Gasteiger partial charge >= 0.3 is 0 Å². The van der Waals surface area contributed by atoms with E-state index in [-0.39, 0.29) is 0 Å². The van der Waals surface area contributed by atoms with Gasteiger partial charge in [0.2, 0.25) is 5.91 Å². The highest BCUT2D eigenvalue weighted by Crippen LogP contribution is 2.28. The van der Waals surface area contributed by atoms with Crippen molar-refractivity contribution in [2.75, 3.05) is 39.3 Å². The number of nitrogens with zero attached hydrogens (tertiary/aromatic N) is 2. The molecule has 3 fully saturated rings. The van der Waals surface area contributed by atoms with Crippen molar-refractivity contribution in [3.8, 4) is 0 Å². The summed E-state index contributed by atoms with van der Waals surface area (Å²) in [7, 11) is 0. The van der Waals surface area contributed by atoms with E-state index in [0.29, 0.717) is 18.5 Å². The molecule has 0 aromatic rings. The minimum Gasteiger partial charge on any atom is -0.341 e. The van der Waals surface area contributed by atoms with Gasteiger partial charge in [-0.1, -0.05) is 0 Å². The average Bonchev–Trinajstić information content (AvgIpc) is 3.11. The summed E-state index contributed by atoms with van der Waals surface area (Å²) in [5.41, 5.74) is 0. The van der Waals surface area contributed by atoms with Gasteiger partial charge in [-0.2, -0.15) is 0 Å². The Morgan fingerprint density at radius 2 is 2.06 bits per heavy atom. The minimum atomic E-state index is 0.358. The zero-order chi connectivity index (χ0) is 12.4. The largest absolute Gasteiger partial charge is 0.341 e. The number of hydrogen-bond acceptors (Lipinski definition) is 3. The second-order valence-electron chi connectivity index (χ2n) is 6.11. The van der Waals surface area contributed by atoms with Crippen molar-refractivity contribution in [3.63, 3.8) is 0 Å². The Labute approximate surface area is 110 Å². The van der Waals surface area contributed by atoms with E-state index in [0.717, 1.165) is 32.1 Å². The second-order valence-corrected chi connectivity index (χ2v) is 6.11. The zero-order valence-electron chi connectivity index (χ0n) is 11.2. The molecule has 18 heavy (non-hydrogen) atoms. The molecule has 0 spiro atoms. The molecule has 4 nitrogen and oxygen atoms in total. The van der Waals surface area contributed by atoms with Gasteiger partial charge in [0.25, 0.3) is 0 Å². The third-order valence-corrected chi connectivity index (χ3v) is 4.50. The quantitative estimate of drug-likeness (QED) is 0.780. The molecule has 0 bridgehead atoms. The van der Waals surface area contributed by atoms with Crippen LogP contribution in [0.25, 0.3) is 0 Å². The van der Waals surface area contributed by atoms with Crippen molar-refractivity contribution >= 4 is 5.91 Å². The van der Waals surface area contributed by atoms with Crippen molar-refractivity contribution < 1.29 is 4.79 Å². The summed E-state index contributed by atoms with van der Waals surface area (Å²) in [6.45, 7) is 6.08. The summed E-state index contributed by atoms with van der Waals surface area (Å²) >= 11 is 0. The first-order valence-corrected chi connectivity index (χ1v) is 7.55. The molecule has 1 aliphatic carbocycles. The molecule has 3 rings (SSSR count). The van der Waals surface area contributed by atoms with Crippen molar-refractivity contribution in [1.29, 1.82) is 0 Å². The average molecular weight is 251 g/mol. The molecule has 2 aliphatic heterocycles. The molecular formula is C14H25N3O. The lowest BCUT2D eigenvalue weighted by Gasteiger charge is -2.35. The number of rotatable bonds is 5. The highest BCUT2D eigenvalue weighted by atomic mass is 16.2. The molecule has 3 aliphatic rings. The maximum Gasteiger partial charge on any atom is 0.236 e. The Morgan fingerprint density at radius 3 is 2.61 bits per heavy atom. The smallest absolute Gasteiger partial charge is 0.236 e. The summed E-state index contributed by atoms with van der Waals surface area (Å²) in [6.07, 6.45) is 6.42. The van der Waals surface area contributed by atoms with E-state index < -0.39 is 0 Å². The van der Waals surface area contributed by atoms with Gasteiger partial charge in [-0.15, -0.1) is 0 Å². The van der Waals surface area contributed by atoms with Crippen LogP contribution in [0.5, 0.6) is 0 Å². The summed E-state index contributed by atoms with van der Waals surface area (Å²) in [5, 5.41) is 3.48. The highest BCUT2D eigenvalue weighted by molar-refractivity contribution is 5.79. The third kappa shape index (κ3) is 3.04. The fourth-order valence-corrected chi connectivity index (χ4v) is 3.03. The number of likely N-dealkylation sites (tertiary alicyclic amines) is 1. The van der Waals surface area contributed by atoms with Crippen molar-refractivity contribution in [3.05, 3.63) is 0 Å². The van der Waals surface area contributed by atoms with E-state index in [2.05, 4.69) is 10.2 Å². The van der Waals surface area contributed by atoms with Crippen molar-refractivity contribution in [2.45, 2.75) is 38.1 Å². The molecule has 2 saturated heterocycles. The third-order valence-electron chi connectivity index (χ3n) is 4.50. The first-order chi connectivity index (χ1) is 8.83. The van der Waals surface area contributed by atoms with Gasteiger partial charge in [-0.3, -0.25) is 9.69 Å². The van der Waals surface area contributed by atoms with Gasteiger partial charge in [0.05, 0.1) is 6.54 Å². The van der Waals surface area contributed by atoms with Gasteiger partial charge in [-0.05, 0) is 51.1 Å². The number of piperidine rings is 1. The van der Waals surface area contributed by atoms with Crippen LogP contribution in [0.3, 0.4) is 0 Å². The lowest BCUT2D eigenvalue weighted by molar-refractivity contribution is -0.136. The van der Waals surface area contributed by atoms with Crippen LogP contribution in [0.1, 0.15) is 32.1 Å². The van der Waals surface area contributed by atoms with Crippen LogP contribution in [-0.2, 0) is 4.79 Å². The van der Waals surface area contributed by atoms with E-state index >= 15 is 0 Å². The fraction of sp³-hybridized carbons (Fsp3) is 0.929. The molecule has 102 valence electrons. The Kier molecular flexibility index (Phi) is 3.85. The van der Waals surface area contributed by atoms with Gasteiger partial charge in [0.15, 0.2) is 0 Å². The molecule has 1 saturated carbocycles. The normalized spacial score (nSPS) is 28.3. The van der Waals surface area contributed by atoms with Crippen LogP contribution >= 0.6 is 0 Å². The zero-order valence-corrected chi connectivity index (χ0v) is 11.2. The molecule has 1 amide bonds. The summed E-state index contributed by atoms with van der Waals surface area (Å²) < 4.78 is 0. The summed E-state index contributed by atoms with van der Waals surface area (Å²) in [6, 6.07) is 0.706. The SMILES string of the molecule is O=C(CN(CC1CCCNC1)C1CC1)N1CCC1. The van der Waals surface area contributed by atoms with E-state index in [1.807, 2.05) is 4.90 Å². The van der Waals surface area contributed by atoms with Crippen LogP contribution in [0.4, 0.5) is 0 Å². The van der Waals surface area contributed by atoms with E-state index in [1.54, 1.807) is 0 Å². The molecule has 1 atom stereocenters. The number of carbonyl (C=O) groups is 1. The predicted molar refractivity (Wildman–Crippen MR) is 71.4 cm³/mol. The summed E-state index contributed by atoms with van der Waals surface area (Å²) in [5.74, 6) is 1.11. The number of nitrogens with one attached hydrogen (secondary N) is 1. The highest BCUT2D eigenvalue weighted by Gasteiger charge is 2.33. The van der Waals surface area contributed by atoms with Gasteiger partial charge in [0.1, 0.15) is 0 Å². The fourth-order valence-electron chi connectivity index (χ4n) is 3.03. The molecule has 1 N–H and O–H groups in total. The monoisotopic (exact) mass is 251 g/mol. The molecule has 0 aromatic carbocycles. The van der Waals surface area contributed by atoms with Crippen LogP contribution in [-0.4, -0.2) is 61.0 Å². The van der Waals surface area contributed by atoms with Gasteiger partial charge < -0.3 is 10.2 Å². The number of hydrogen-bond donors (Lipinski definition) is 1. The Balaban J connectivity index is 1.49. The summed E-state index contributed by atoms with van der Waals surface area (Å²) in [4.78, 5) is 16.5. The first-order valence-electron chi connectivity index (χ1n) is 7.55. The van der Waals surface area contributed by atoms with Crippen LogP contribution in [0, 0.1) is 5.92 Å². The standard InChI is InChI=1S/C14H25N3O/c18-14(16-7-2-8-16)11-17(13-4-5-13)10-12-3-1-6-15-9-12/h12-13,15H,1-11H2. The maximum absolute atomic E-state index is 12.1. The molecule has 0 aromatic heterocycles. The number of amides is 1. The Hall–Kier alpha value is -0.610. The van der Waals surface area contributed by atoms with E-state index in [1.165, 1.54) is 38.6 Å². The first kappa shape index (κ1) is 12.4. The van der Waals surface area contributed by atoms with Crippen LogP contribution in [0.2, 0.25) is 0 Å². The maximum atomic E-state index is 12.1. The van der Waals surface area contributed by atoms with E-state index in [9.17, 15) is 4.79 Å². The van der Waals surface area contributed by atoms with Crippen molar-refractivity contribution in [2.24, 2.45) is 5.92 Å². The minimum absolute atomic E-state index is 0.358. The number of carbonyl (C=O) groups excluding carboxylic acids is 1. The van der Waals surface area contributed by atoms with Gasteiger partial charge in [-0.25, -0.2) is 0 Å². The second kappa shape index (κ2) is 5.57. The van der Waals surface area contributed by atoms with Crippen LogP contribution in [0.15, 0.2) is 0 Å².